The third kappa shape index (κ3) is 2.43. The summed E-state index contributed by atoms with van der Waals surface area (Å²) in [5, 5.41) is 9.32. The first-order valence-corrected chi connectivity index (χ1v) is 7.82. The Morgan fingerprint density at radius 2 is 2.24 bits per heavy atom. The average Bonchev–Trinajstić information content (AvgIpc) is 2.82. The number of aromatic carboxylic acids is 1. The molecule has 0 spiro atoms. The van der Waals surface area contributed by atoms with E-state index in [0.717, 1.165) is 17.3 Å². The summed E-state index contributed by atoms with van der Waals surface area (Å²) in [7, 11) is 0. The second-order valence-corrected chi connectivity index (χ2v) is 6.10. The number of carboxylic acids is 1. The van der Waals surface area contributed by atoms with Crippen LogP contribution in [0, 0.1) is 12.8 Å². The van der Waals surface area contributed by atoms with Crippen LogP contribution in [-0.2, 0) is 0 Å². The van der Waals surface area contributed by atoms with Crippen molar-refractivity contribution < 1.29 is 9.90 Å². The molecule has 1 fully saturated rings. The van der Waals surface area contributed by atoms with Gasteiger partial charge in [-0.15, -0.1) is 0 Å². The average molecular weight is 286 g/mol. The lowest BCUT2D eigenvalue weighted by Crippen LogP contribution is -2.19. The number of hydrogen-bond donors (Lipinski definition) is 1. The lowest BCUT2D eigenvalue weighted by molar-refractivity contribution is 0.0699. The van der Waals surface area contributed by atoms with E-state index in [0.29, 0.717) is 17.1 Å². The van der Waals surface area contributed by atoms with Gasteiger partial charge in [-0.1, -0.05) is 32.3 Å². The second kappa shape index (κ2) is 5.51. The van der Waals surface area contributed by atoms with Crippen LogP contribution in [0.1, 0.15) is 61.3 Å². The number of para-hydroxylation sites is 1. The van der Waals surface area contributed by atoms with Gasteiger partial charge in [-0.2, -0.15) is 0 Å². The summed E-state index contributed by atoms with van der Waals surface area (Å²) in [6.45, 7) is 4.25. The van der Waals surface area contributed by atoms with Crippen molar-refractivity contribution in [3.8, 4) is 0 Å². The summed E-state index contributed by atoms with van der Waals surface area (Å²) in [4.78, 5) is 15.9. The number of nitrogens with zero attached hydrogens (tertiary/aromatic N) is 2. The minimum Gasteiger partial charge on any atom is -0.478 e. The molecule has 2 unspecified atom stereocenters. The summed E-state index contributed by atoms with van der Waals surface area (Å²) < 4.78 is 2.27. The van der Waals surface area contributed by atoms with Crippen LogP contribution in [0.3, 0.4) is 0 Å². The number of rotatable bonds is 3. The zero-order valence-corrected chi connectivity index (χ0v) is 12.7. The lowest BCUT2D eigenvalue weighted by Gasteiger charge is -2.30. The molecule has 3 rings (SSSR count). The fourth-order valence-electron chi connectivity index (χ4n) is 3.73. The predicted octanol–water partition coefficient (Wildman–Crippen LogP) is 4.18. The normalized spacial score (nSPS) is 22.6. The van der Waals surface area contributed by atoms with Gasteiger partial charge in [0.05, 0.1) is 11.1 Å². The highest BCUT2D eigenvalue weighted by atomic mass is 16.4. The molecule has 2 atom stereocenters. The molecule has 0 bridgehead atoms. The summed E-state index contributed by atoms with van der Waals surface area (Å²) in [6.07, 6.45) is 6.14. The fourth-order valence-corrected chi connectivity index (χ4v) is 3.73. The van der Waals surface area contributed by atoms with Gasteiger partial charge in [0.15, 0.2) is 0 Å². The molecule has 21 heavy (non-hydrogen) atoms. The number of aryl methyl sites for hydroxylation is 1. The van der Waals surface area contributed by atoms with E-state index in [1.54, 1.807) is 6.07 Å². The first kappa shape index (κ1) is 14.1. The molecule has 1 aromatic heterocycles. The smallest absolute Gasteiger partial charge is 0.337 e. The molecule has 1 heterocycles. The number of imidazole rings is 1. The SMILES string of the molecule is CCC1CCCC(n2c(C)nc3c(C(=O)O)cccc32)C1. The fraction of sp³-hybridized carbons (Fsp3) is 0.529. The molecule has 1 aliphatic carbocycles. The van der Waals surface area contributed by atoms with E-state index in [2.05, 4.69) is 16.5 Å². The summed E-state index contributed by atoms with van der Waals surface area (Å²) in [5.74, 6) is 0.809. The minimum absolute atomic E-state index is 0.303. The van der Waals surface area contributed by atoms with Gasteiger partial charge in [0.1, 0.15) is 11.3 Å². The predicted molar refractivity (Wildman–Crippen MR) is 82.7 cm³/mol. The first-order valence-electron chi connectivity index (χ1n) is 7.82. The van der Waals surface area contributed by atoms with Crippen molar-refractivity contribution in [1.29, 1.82) is 0 Å². The Morgan fingerprint density at radius 1 is 1.43 bits per heavy atom. The molecule has 0 aliphatic heterocycles. The molecule has 4 heteroatoms. The summed E-state index contributed by atoms with van der Waals surface area (Å²) in [6, 6.07) is 5.91. The molecule has 2 aromatic rings. The third-order valence-electron chi connectivity index (χ3n) is 4.82. The van der Waals surface area contributed by atoms with E-state index >= 15 is 0 Å². The number of benzene rings is 1. The monoisotopic (exact) mass is 286 g/mol. The standard InChI is InChI=1S/C17H22N2O2/c1-3-12-6-4-7-13(10-12)19-11(2)18-16-14(17(20)21)8-5-9-15(16)19/h5,8-9,12-13H,3-4,6-7,10H2,1-2H3,(H,20,21). The van der Waals surface area contributed by atoms with Crippen LogP contribution in [0.25, 0.3) is 11.0 Å². The zero-order chi connectivity index (χ0) is 15.0. The Labute approximate surface area is 124 Å². The maximum absolute atomic E-state index is 11.4. The van der Waals surface area contributed by atoms with Crippen LogP contribution in [0.5, 0.6) is 0 Å². The highest BCUT2D eigenvalue weighted by Crippen LogP contribution is 2.37. The molecule has 1 aromatic carbocycles. The molecule has 0 radical (unpaired) electrons. The van der Waals surface area contributed by atoms with E-state index < -0.39 is 5.97 Å². The Balaban J connectivity index is 2.08. The van der Waals surface area contributed by atoms with Crippen LogP contribution in [0.2, 0.25) is 0 Å². The van der Waals surface area contributed by atoms with Crippen LogP contribution < -0.4 is 0 Å². The van der Waals surface area contributed by atoms with Crippen molar-refractivity contribution in [3.63, 3.8) is 0 Å². The van der Waals surface area contributed by atoms with Crippen molar-refractivity contribution in [2.45, 2.75) is 52.0 Å². The minimum atomic E-state index is -0.902. The van der Waals surface area contributed by atoms with E-state index in [9.17, 15) is 9.90 Å². The lowest BCUT2D eigenvalue weighted by atomic mass is 9.84. The van der Waals surface area contributed by atoms with Crippen molar-refractivity contribution in [3.05, 3.63) is 29.6 Å². The second-order valence-electron chi connectivity index (χ2n) is 6.10. The Bertz CT molecular complexity index is 675. The topological polar surface area (TPSA) is 55.1 Å². The molecular formula is C17H22N2O2. The Kier molecular flexibility index (Phi) is 3.70. The highest BCUT2D eigenvalue weighted by molar-refractivity contribution is 6.01. The van der Waals surface area contributed by atoms with Crippen molar-refractivity contribution in [2.75, 3.05) is 0 Å². The van der Waals surface area contributed by atoms with Crippen molar-refractivity contribution in [2.24, 2.45) is 5.92 Å². The zero-order valence-electron chi connectivity index (χ0n) is 12.7. The van der Waals surface area contributed by atoms with Gasteiger partial charge in [-0.05, 0) is 37.8 Å². The van der Waals surface area contributed by atoms with E-state index in [1.165, 1.54) is 32.1 Å². The summed E-state index contributed by atoms with van der Waals surface area (Å²) >= 11 is 0. The third-order valence-corrected chi connectivity index (χ3v) is 4.82. The van der Waals surface area contributed by atoms with Crippen molar-refractivity contribution >= 4 is 17.0 Å². The molecule has 1 aliphatic rings. The molecule has 112 valence electrons. The van der Waals surface area contributed by atoms with Gasteiger partial charge < -0.3 is 9.67 Å². The summed E-state index contributed by atoms with van der Waals surface area (Å²) in [5.41, 5.74) is 1.90. The van der Waals surface area contributed by atoms with Gasteiger partial charge in [0.2, 0.25) is 0 Å². The van der Waals surface area contributed by atoms with Crippen molar-refractivity contribution in [1.82, 2.24) is 9.55 Å². The molecule has 1 saturated carbocycles. The number of aromatic nitrogens is 2. The molecular weight excluding hydrogens is 264 g/mol. The van der Waals surface area contributed by atoms with Gasteiger partial charge in [-0.25, -0.2) is 9.78 Å². The van der Waals surface area contributed by atoms with Crippen LogP contribution in [-0.4, -0.2) is 20.6 Å². The molecule has 0 amide bonds. The molecule has 0 saturated heterocycles. The van der Waals surface area contributed by atoms with E-state index in [-0.39, 0.29) is 0 Å². The largest absolute Gasteiger partial charge is 0.478 e. The van der Waals surface area contributed by atoms with E-state index in [4.69, 9.17) is 0 Å². The maximum Gasteiger partial charge on any atom is 0.337 e. The quantitative estimate of drug-likeness (QED) is 0.920. The van der Waals surface area contributed by atoms with Crippen LogP contribution in [0.15, 0.2) is 18.2 Å². The molecule has 4 nitrogen and oxygen atoms in total. The van der Waals surface area contributed by atoms with Gasteiger partial charge in [-0.3, -0.25) is 0 Å². The van der Waals surface area contributed by atoms with Crippen LogP contribution in [0.4, 0.5) is 0 Å². The van der Waals surface area contributed by atoms with Gasteiger partial charge >= 0.3 is 5.97 Å². The maximum atomic E-state index is 11.4. The highest BCUT2D eigenvalue weighted by Gasteiger charge is 2.25. The number of carbonyl (C=O) groups is 1. The molecule has 1 N–H and O–H groups in total. The number of fused-ring (bicyclic) bond motifs is 1. The Hall–Kier alpha value is -1.84. The Morgan fingerprint density at radius 3 is 2.95 bits per heavy atom. The number of hydrogen-bond acceptors (Lipinski definition) is 2. The van der Waals surface area contributed by atoms with Gasteiger partial charge in [0, 0.05) is 6.04 Å². The van der Waals surface area contributed by atoms with E-state index in [1.807, 2.05) is 19.1 Å². The first-order chi connectivity index (χ1) is 10.1. The van der Waals surface area contributed by atoms with Gasteiger partial charge in [0.25, 0.3) is 0 Å². The van der Waals surface area contributed by atoms with Crippen LogP contribution >= 0.6 is 0 Å². The number of carboxylic acid groups (broad SMARTS) is 1.